The SMILES string of the molecule is O=c1[nH]c(-c2ccccc2OC(F)F)nc2ccccc12. The van der Waals surface area contributed by atoms with E-state index < -0.39 is 6.61 Å². The Morgan fingerprint density at radius 1 is 1.05 bits per heavy atom. The predicted octanol–water partition coefficient (Wildman–Crippen LogP) is 3.19. The van der Waals surface area contributed by atoms with Crippen LogP contribution in [-0.2, 0) is 0 Å². The molecule has 0 aliphatic heterocycles. The molecule has 3 aromatic rings. The van der Waals surface area contributed by atoms with Gasteiger partial charge in [-0.3, -0.25) is 4.79 Å². The molecule has 0 atom stereocenters. The summed E-state index contributed by atoms with van der Waals surface area (Å²) >= 11 is 0. The van der Waals surface area contributed by atoms with Crippen LogP contribution in [0, 0.1) is 0 Å². The van der Waals surface area contributed by atoms with E-state index in [2.05, 4.69) is 14.7 Å². The number of hydrogen-bond donors (Lipinski definition) is 1. The van der Waals surface area contributed by atoms with Gasteiger partial charge in [-0.05, 0) is 24.3 Å². The second-order valence-electron chi connectivity index (χ2n) is 4.31. The van der Waals surface area contributed by atoms with E-state index in [1.54, 1.807) is 42.5 Å². The predicted molar refractivity (Wildman–Crippen MR) is 74.4 cm³/mol. The van der Waals surface area contributed by atoms with Crippen molar-refractivity contribution >= 4 is 10.9 Å². The first-order valence-corrected chi connectivity index (χ1v) is 6.18. The Bertz CT molecular complexity index is 846. The van der Waals surface area contributed by atoms with Gasteiger partial charge in [-0.15, -0.1) is 0 Å². The zero-order valence-electron chi connectivity index (χ0n) is 10.7. The highest BCUT2D eigenvalue weighted by atomic mass is 19.3. The molecule has 0 fully saturated rings. The van der Waals surface area contributed by atoms with Crippen LogP contribution in [0.15, 0.2) is 53.3 Å². The number of aromatic nitrogens is 2. The summed E-state index contributed by atoms with van der Waals surface area (Å²) in [6.45, 7) is -2.95. The van der Waals surface area contributed by atoms with Crippen molar-refractivity contribution in [1.82, 2.24) is 9.97 Å². The molecule has 2 aromatic carbocycles. The molecule has 0 bridgehead atoms. The first-order valence-electron chi connectivity index (χ1n) is 6.18. The van der Waals surface area contributed by atoms with Crippen molar-refractivity contribution in [3.8, 4) is 17.1 Å². The molecule has 0 aliphatic rings. The average molecular weight is 288 g/mol. The minimum absolute atomic E-state index is 0.0362. The lowest BCUT2D eigenvalue weighted by Gasteiger charge is -2.10. The molecule has 6 heteroatoms. The molecule has 0 amide bonds. The van der Waals surface area contributed by atoms with E-state index in [0.717, 1.165) is 0 Å². The van der Waals surface area contributed by atoms with Crippen LogP contribution in [0.25, 0.3) is 22.3 Å². The number of hydrogen-bond acceptors (Lipinski definition) is 3. The van der Waals surface area contributed by atoms with Crippen LogP contribution in [0.1, 0.15) is 0 Å². The number of fused-ring (bicyclic) bond motifs is 1. The van der Waals surface area contributed by atoms with Crippen LogP contribution in [0.2, 0.25) is 0 Å². The number of para-hydroxylation sites is 2. The Labute approximate surface area is 118 Å². The van der Waals surface area contributed by atoms with Crippen LogP contribution in [-0.4, -0.2) is 16.6 Å². The first-order chi connectivity index (χ1) is 10.1. The van der Waals surface area contributed by atoms with Crippen LogP contribution >= 0.6 is 0 Å². The summed E-state index contributed by atoms with van der Waals surface area (Å²) in [5.41, 5.74) is 0.464. The Kier molecular flexibility index (Phi) is 3.35. The van der Waals surface area contributed by atoms with E-state index >= 15 is 0 Å². The van der Waals surface area contributed by atoms with Gasteiger partial charge in [0, 0.05) is 0 Å². The normalized spacial score (nSPS) is 11.0. The molecule has 0 saturated heterocycles. The summed E-state index contributed by atoms with van der Waals surface area (Å²) in [5, 5.41) is 0.438. The smallest absolute Gasteiger partial charge is 0.387 e. The van der Waals surface area contributed by atoms with Gasteiger partial charge in [-0.25, -0.2) is 4.98 Å². The lowest BCUT2D eigenvalue weighted by Crippen LogP contribution is -2.10. The lowest BCUT2D eigenvalue weighted by molar-refractivity contribution is -0.0494. The summed E-state index contributed by atoms with van der Waals surface area (Å²) in [7, 11) is 0. The highest BCUT2D eigenvalue weighted by Gasteiger charge is 2.13. The standard InChI is InChI=1S/C15H10F2N2O2/c16-15(17)21-12-8-4-2-6-10(12)13-18-11-7-3-1-5-9(11)14(20)19-13/h1-8,15H,(H,18,19,20). The van der Waals surface area contributed by atoms with Crippen molar-refractivity contribution in [1.29, 1.82) is 0 Å². The van der Waals surface area contributed by atoms with E-state index in [9.17, 15) is 13.6 Å². The number of nitrogens with zero attached hydrogens (tertiary/aromatic N) is 1. The molecule has 3 rings (SSSR count). The maximum absolute atomic E-state index is 12.4. The molecular formula is C15H10F2N2O2. The zero-order valence-corrected chi connectivity index (χ0v) is 10.7. The number of nitrogens with one attached hydrogen (secondary N) is 1. The third-order valence-corrected chi connectivity index (χ3v) is 2.97. The molecule has 106 valence electrons. The van der Waals surface area contributed by atoms with Crippen LogP contribution in [0.3, 0.4) is 0 Å². The quantitative estimate of drug-likeness (QED) is 0.805. The maximum Gasteiger partial charge on any atom is 0.387 e. The van der Waals surface area contributed by atoms with Crippen LogP contribution < -0.4 is 10.3 Å². The highest BCUT2D eigenvalue weighted by Crippen LogP contribution is 2.28. The van der Waals surface area contributed by atoms with Crippen molar-refractivity contribution < 1.29 is 13.5 Å². The largest absolute Gasteiger partial charge is 0.434 e. The van der Waals surface area contributed by atoms with Crippen LogP contribution in [0.5, 0.6) is 5.75 Å². The number of rotatable bonds is 3. The van der Waals surface area contributed by atoms with Crippen molar-refractivity contribution in [2.45, 2.75) is 6.61 Å². The molecule has 1 aromatic heterocycles. The third kappa shape index (κ3) is 2.60. The Morgan fingerprint density at radius 3 is 2.57 bits per heavy atom. The second-order valence-corrected chi connectivity index (χ2v) is 4.31. The zero-order chi connectivity index (χ0) is 14.8. The molecular weight excluding hydrogens is 278 g/mol. The molecule has 0 spiro atoms. The molecule has 21 heavy (non-hydrogen) atoms. The molecule has 1 N–H and O–H groups in total. The van der Waals surface area contributed by atoms with Gasteiger partial charge in [0.2, 0.25) is 0 Å². The summed E-state index contributed by atoms with van der Waals surface area (Å²) in [6.07, 6.45) is 0. The number of benzene rings is 2. The van der Waals surface area contributed by atoms with E-state index in [-0.39, 0.29) is 17.1 Å². The summed E-state index contributed by atoms with van der Waals surface area (Å²) in [4.78, 5) is 18.9. The lowest BCUT2D eigenvalue weighted by atomic mass is 10.1. The van der Waals surface area contributed by atoms with Gasteiger partial charge < -0.3 is 9.72 Å². The van der Waals surface area contributed by atoms with Gasteiger partial charge in [0.15, 0.2) is 0 Å². The van der Waals surface area contributed by atoms with Gasteiger partial charge in [-0.1, -0.05) is 24.3 Å². The van der Waals surface area contributed by atoms with Crippen molar-refractivity contribution in [3.63, 3.8) is 0 Å². The van der Waals surface area contributed by atoms with E-state index in [0.29, 0.717) is 16.5 Å². The molecule has 0 unspecified atom stereocenters. The van der Waals surface area contributed by atoms with Gasteiger partial charge in [0.1, 0.15) is 11.6 Å². The van der Waals surface area contributed by atoms with Crippen LogP contribution in [0.4, 0.5) is 8.78 Å². The summed E-state index contributed by atoms with van der Waals surface area (Å²) in [6, 6.07) is 13.0. The second kappa shape index (κ2) is 5.32. The number of ether oxygens (including phenoxy) is 1. The Hall–Kier alpha value is -2.76. The number of aromatic amines is 1. The fraction of sp³-hybridized carbons (Fsp3) is 0.0667. The van der Waals surface area contributed by atoms with Crippen molar-refractivity contribution in [2.75, 3.05) is 0 Å². The fourth-order valence-electron chi connectivity index (χ4n) is 2.07. The minimum Gasteiger partial charge on any atom is -0.434 e. The number of halogens is 2. The summed E-state index contributed by atoms with van der Waals surface area (Å²) < 4.78 is 29.3. The molecule has 4 nitrogen and oxygen atoms in total. The monoisotopic (exact) mass is 288 g/mol. The topological polar surface area (TPSA) is 55.0 Å². The highest BCUT2D eigenvalue weighted by molar-refractivity contribution is 5.80. The Morgan fingerprint density at radius 2 is 1.76 bits per heavy atom. The number of alkyl halides is 2. The maximum atomic E-state index is 12.4. The number of H-pyrrole nitrogens is 1. The molecule has 0 saturated carbocycles. The van der Waals surface area contributed by atoms with Gasteiger partial charge >= 0.3 is 6.61 Å². The molecule has 0 radical (unpaired) electrons. The van der Waals surface area contributed by atoms with E-state index in [1.165, 1.54) is 6.07 Å². The van der Waals surface area contributed by atoms with Crippen molar-refractivity contribution in [2.24, 2.45) is 0 Å². The molecule has 0 aliphatic carbocycles. The first kappa shape index (κ1) is 13.2. The average Bonchev–Trinajstić information content (AvgIpc) is 2.47. The summed E-state index contributed by atoms with van der Waals surface area (Å²) in [5.74, 6) is 0.154. The Balaban J connectivity index is 2.19. The minimum atomic E-state index is -2.95. The van der Waals surface area contributed by atoms with E-state index in [1.807, 2.05) is 0 Å². The molecule has 1 heterocycles. The van der Waals surface area contributed by atoms with Gasteiger partial charge in [0.25, 0.3) is 5.56 Å². The van der Waals surface area contributed by atoms with Gasteiger partial charge in [-0.2, -0.15) is 8.78 Å². The van der Waals surface area contributed by atoms with E-state index in [4.69, 9.17) is 0 Å². The third-order valence-electron chi connectivity index (χ3n) is 2.97. The van der Waals surface area contributed by atoms with Crippen molar-refractivity contribution in [3.05, 3.63) is 58.9 Å². The van der Waals surface area contributed by atoms with Gasteiger partial charge in [0.05, 0.1) is 16.5 Å². The fourth-order valence-corrected chi connectivity index (χ4v) is 2.07.